The number of hydrogen-bond acceptors (Lipinski definition) is 2. The predicted octanol–water partition coefficient (Wildman–Crippen LogP) is 0.137. The first-order chi connectivity index (χ1) is 3.66. The van der Waals surface area contributed by atoms with E-state index in [0.717, 1.165) is 13.1 Å². The molecular weight excluding hydrogens is 102 g/mol. The minimum absolute atomic E-state index is 0.179. The largest absolute Gasteiger partial charge is 0.360 e. The molecule has 2 aliphatic heterocycles. The molecule has 0 aromatic carbocycles. The second kappa shape index (κ2) is 0.957. The molecule has 1 spiro atoms. The average Bonchev–Trinajstić information content (AvgIpc) is 2.05. The van der Waals surface area contributed by atoms with E-state index in [-0.39, 0.29) is 11.2 Å². The van der Waals surface area contributed by atoms with Crippen LogP contribution in [-0.2, 0) is 4.74 Å². The van der Waals surface area contributed by atoms with E-state index in [2.05, 4.69) is 19.2 Å². The van der Waals surface area contributed by atoms with Crippen molar-refractivity contribution >= 4 is 0 Å². The van der Waals surface area contributed by atoms with Gasteiger partial charge >= 0.3 is 0 Å². The Labute approximate surface area is 49.2 Å². The molecule has 1 N–H and O–H groups in total. The van der Waals surface area contributed by atoms with Crippen LogP contribution in [0, 0.1) is 0 Å². The fourth-order valence-electron chi connectivity index (χ4n) is 1.31. The molecule has 0 aromatic heterocycles. The average molecular weight is 113 g/mol. The van der Waals surface area contributed by atoms with Crippen LogP contribution in [0.15, 0.2) is 0 Å². The molecule has 46 valence electrons. The Balaban J connectivity index is 2.12. The van der Waals surface area contributed by atoms with E-state index >= 15 is 0 Å². The van der Waals surface area contributed by atoms with Gasteiger partial charge in [-0.1, -0.05) is 0 Å². The van der Waals surface area contributed by atoms with Crippen molar-refractivity contribution in [2.45, 2.75) is 25.0 Å². The van der Waals surface area contributed by atoms with Crippen LogP contribution in [0.3, 0.4) is 0 Å². The Morgan fingerprint density at radius 2 is 1.88 bits per heavy atom. The quantitative estimate of drug-likeness (QED) is 0.452. The Morgan fingerprint density at radius 3 is 1.88 bits per heavy atom. The molecule has 0 bridgehead atoms. The molecule has 0 unspecified atom stereocenters. The lowest BCUT2D eigenvalue weighted by Crippen LogP contribution is -2.53. The summed E-state index contributed by atoms with van der Waals surface area (Å²) in [5, 5.41) is 3.19. The maximum atomic E-state index is 5.47. The second-order valence-electron chi connectivity index (χ2n) is 3.21. The summed E-state index contributed by atoms with van der Waals surface area (Å²) < 4.78 is 5.47. The lowest BCUT2D eigenvalue weighted by atomic mass is 9.91. The van der Waals surface area contributed by atoms with Crippen LogP contribution < -0.4 is 5.32 Å². The highest BCUT2D eigenvalue weighted by molar-refractivity contribution is 5.18. The van der Waals surface area contributed by atoms with Crippen LogP contribution in [0.5, 0.6) is 0 Å². The maximum absolute atomic E-state index is 5.47. The number of ether oxygens (including phenoxy) is 1. The van der Waals surface area contributed by atoms with E-state index in [1.807, 2.05) is 0 Å². The zero-order valence-electron chi connectivity index (χ0n) is 5.32. The van der Waals surface area contributed by atoms with Crippen molar-refractivity contribution in [1.29, 1.82) is 0 Å². The molecule has 2 saturated heterocycles. The van der Waals surface area contributed by atoms with E-state index in [1.54, 1.807) is 0 Å². The number of hydrogen-bond donors (Lipinski definition) is 1. The minimum Gasteiger partial charge on any atom is -0.360 e. The summed E-state index contributed by atoms with van der Waals surface area (Å²) in [6.07, 6.45) is 0. The fraction of sp³-hybridized carbons (Fsp3) is 1.00. The van der Waals surface area contributed by atoms with Crippen molar-refractivity contribution in [1.82, 2.24) is 5.32 Å². The fourth-order valence-corrected chi connectivity index (χ4v) is 1.31. The Bertz CT molecular complexity index is 126. The molecule has 2 fully saturated rings. The molecule has 2 rings (SSSR count). The van der Waals surface area contributed by atoms with Gasteiger partial charge in [0.25, 0.3) is 0 Å². The van der Waals surface area contributed by atoms with Crippen molar-refractivity contribution in [3.63, 3.8) is 0 Å². The lowest BCUT2D eigenvalue weighted by molar-refractivity contribution is 0.216. The normalized spacial score (nSPS) is 36.8. The summed E-state index contributed by atoms with van der Waals surface area (Å²) in [4.78, 5) is 0. The van der Waals surface area contributed by atoms with Crippen LogP contribution in [-0.4, -0.2) is 24.3 Å². The van der Waals surface area contributed by atoms with Crippen LogP contribution in [0.1, 0.15) is 13.8 Å². The third-order valence-corrected chi connectivity index (χ3v) is 2.33. The third kappa shape index (κ3) is 0.327. The first-order valence-corrected chi connectivity index (χ1v) is 3.07. The molecule has 0 atom stereocenters. The maximum Gasteiger partial charge on any atom is 0.122 e. The Morgan fingerprint density at radius 1 is 1.38 bits per heavy atom. The Hall–Kier alpha value is -0.0800. The van der Waals surface area contributed by atoms with Gasteiger partial charge in [-0.2, -0.15) is 0 Å². The highest BCUT2D eigenvalue weighted by Crippen LogP contribution is 2.49. The second-order valence-corrected chi connectivity index (χ2v) is 3.21. The van der Waals surface area contributed by atoms with Crippen molar-refractivity contribution < 1.29 is 4.74 Å². The summed E-state index contributed by atoms with van der Waals surface area (Å²) in [5.41, 5.74) is 0.436. The van der Waals surface area contributed by atoms with Crippen molar-refractivity contribution in [3.05, 3.63) is 0 Å². The van der Waals surface area contributed by atoms with Gasteiger partial charge in [0.2, 0.25) is 0 Å². The lowest BCUT2D eigenvalue weighted by Gasteiger charge is -2.25. The molecular formula is C6H11NO. The molecule has 0 amide bonds. The van der Waals surface area contributed by atoms with Crippen molar-refractivity contribution in [3.8, 4) is 0 Å². The monoisotopic (exact) mass is 113 g/mol. The van der Waals surface area contributed by atoms with E-state index < -0.39 is 0 Å². The molecule has 2 heteroatoms. The van der Waals surface area contributed by atoms with Gasteiger partial charge in [0.1, 0.15) is 5.60 Å². The highest BCUT2D eigenvalue weighted by Gasteiger charge is 2.66. The summed E-state index contributed by atoms with van der Waals surface area (Å²) in [6, 6.07) is 0. The third-order valence-electron chi connectivity index (χ3n) is 2.33. The van der Waals surface area contributed by atoms with E-state index in [4.69, 9.17) is 4.74 Å². The van der Waals surface area contributed by atoms with Crippen molar-refractivity contribution in [2.24, 2.45) is 0 Å². The van der Waals surface area contributed by atoms with Gasteiger partial charge in [0, 0.05) is 13.1 Å². The van der Waals surface area contributed by atoms with Gasteiger partial charge in [-0.15, -0.1) is 0 Å². The van der Waals surface area contributed by atoms with Gasteiger partial charge in [0.05, 0.1) is 5.60 Å². The zero-order chi connectivity index (χ0) is 5.83. The number of nitrogens with one attached hydrogen (secondary N) is 1. The topological polar surface area (TPSA) is 24.6 Å². The highest BCUT2D eigenvalue weighted by atomic mass is 16.6. The molecule has 8 heavy (non-hydrogen) atoms. The van der Waals surface area contributed by atoms with E-state index in [0.29, 0.717) is 0 Å². The first-order valence-electron chi connectivity index (χ1n) is 3.07. The van der Waals surface area contributed by atoms with Gasteiger partial charge < -0.3 is 10.1 Å². The van der Waals surface area contributed by atoms with Gasteiger partial charge in [-0.05, 0) is 13.8 Å². The molecule has 0 aliphatic carbocycles. The molecule has 2 nitrogen and oxygen atoms in total. The standard InChI is InChI=1S/C6H11NO/c1-5(2)6(8-5)3-7-4-6/h7H,3-4H2,1-2H3. The SMILES string of the molecule is CC1(C)OC12CNC2. The predicted molar refractivity (Wildman–Crippen MR) is 30.8 cm³/mol. The van der Waals surface area contributed by atoms with Gasteiger partial charge in [-0.3, -0.25) is 0 Å². The summed E-state index contributed by atoms with van der Waals surface area (Å²) >= 11 is 0. The summed E-state index contributed by atoms with van der Waals surface area (Å²) in [5.74, 6) is 0. The molecule has 2 heterocycles. The number of rotatable bonds is 0. The van der Waals surface area contributed by atoms with E-state index in [1.165, 1.54) is 0 Å². The number of epoxide rings is 1. The van der Waals surface area contributed by atoms with Crippen LogP contribution in [0.2, 0.25) is 0 Å². The molecule has 0 saturated carbocycles. The van der Waals surface area contributed by atoms with E-state index in [9.17, 15) is 0 Å². The minimum atomic E-state index is 0.179. The zero-order valence-corrected chi connectivity index (χ0v) is 5.32. The van der Waals surface area contributed by atoms with Gasteiger partial charge in [0.15, 0.2) is 0 Å². The molecule has 0 radical (unpaired) electrons. The van der Waals surface area contributed by atoms with Crippen LogP contribution in [0.25, 0.3) is 0 Å². The molecule has 0 aromatic rings. The first kappa shape index (κ1) is 4.77. The van der Waals surface area contributed by atoms with Crippen molar-refractivity contribution in [2.75, 3.05) is 13.1 Å². The van der Waals surface area contributed by atoms with Gasteiger partial charge in [-0.25, -0.2) is 0 Å². The molecule has 2 aliphatic rings. The van der Waals surface area contributed by atoms with Crippen LogP contribution >= 0.6 is 0 Å². The smallest absolute Gasteiger partial charge is 0.122 e. The summed E-state index contributed by atoms with van der Waals surface area (Å²) in [6.45, 7) is 6.40. The summed E-state index contributed by atoms with van der Waals surface area (Å²) in [7, 11) is 0. The Kier molecular flexibility index (Phi) is 0.570. The van der Waals surface area contributed by atoms with Crippen LogP contribution in [0.4, 0.5) is 0 Å².